The Kier molecular flexibility index (Phi) is 13.2. The molecule has 1 aliphatic rings. The highest BCUT2D eigenvalue weighted by Gasteiger charge is 2.19. The first-order chi connectivity index (χ1) is 19.9. The van der Waals surface area contributed by atoms with Crippen LogP contribution in [0, 0.1) is 19.8 Å². The molecule has 42 heavy (non-hydrogen) atoms. The number of hydrogen-bond acceptors (Lipinski definition) is 6. The van der Waals surface area contributed by atoms with Crippen molar-refractivity contribution in [3.05, 3.63) is 94.5 Å². The molecular weight excluding hydrogens is 540 g/mol. The minimum Gasteiger partial charge on any atom is -0.490 e. The Bertz CT molecular complexity index is 1370. The topological polar surface area (TPSA) is 147 Å². The molecule has 224 valence electrons. The van der Waals surface area contributed by atoms with E-state index in [-0.39, 0.29) is 28.9 Å². The first kappa shape index (κ1) is 33.5. The van der Waals surface area contributed by atoms with E-state index in [9.17, 15) is 19.2 Å². The van der Waals surface area contributed by atoms with Gasteiger partial charge in [-0.25, -0.2) is 14.4 Å². The van der Waals surface area contributed by atoms with Crippen LogP contribution in [0.1, 0.15) is 88.2 Å². The number of carboxylic acids is 3. The molecule has 0 amide bonds. The molecule has 0 aliphatic heterocycles. The summed E-state index contributed by atoms with van der Waals surface area (Å²) in [4.78, 5) is 43.6. The third-order valence-corrected chi connectivity index (χ3v) is 6.39. The van der Waals surface area contributed by atoms with Crippen molar-refractivity contribution in [2.24, 2.45) is 5.92 Å². The summed E-state index contributed by atoms with van der Waals surface area (Å²) in [6.07, 6.45) is 5.88. The highest BCUT2D eigenvalue weighted by molar-refractivity contribution is 5.92. The van der Waals surface area contributed by atoms with E-state index in [4.69, 9.17) is 24.8 Å². The van der Waals surface area contributed by atoms with Gasteiger partial charge in [0.05, 0.1) is 17.6 Å². The van der Waals surface area contributed by atoms with E-state index in [1.54, 1.807) is 63.2 Å². The van der Waals surface area contributed by atoms with E-state index in [1.165, 1.54) is 31.4 Å². The fourth-order valence-corrected chi connectivity index (χ4v) is 4.05. The van der Waals surface area contributed by atoms with Crippen LogP contribution < -0.4 is 9.47 Å². The zero-order valence-electron chi connectivity index (χ0n) is 24.3. The summed E-state index contributed by atoms with van der Waals surface area (Å²) in [6, 6.07) is 18.3. The van der Waals surface area contributed by atoms with Crippen molar-refractivity contribution in [2.75, 3.05) is 0 Å². The molecule has 1 saturated carbocycles. The van der Waals surface area contributed by atoms with Gasteiger partial charge in [-0.15, -0.1) is 0 Å². The largest absolute Gasteiger partial charge is 0.490 e. The number of para-hydroxylation sites is 1. The van der Waals surface area contributed by atoms with Gasteiger partial charge in [0, 0.05) is 0 Å². The second kappa shape index (κ2) is 16.6. The minimum atomic E-state index is -1.11. The highest BCUT2D eigenvalue weighted by atomic mass is 16.5. The Morgan fingerprint density at radius 1 is 0.690 bits per heavy atom. The highest BCUT2D eigenvalue weighted by Crippen LogP contribution is 2.27. The van der Waals surface area contributed by atoms with Crippen LogP contribution in [0.5, 0.6) is 11.5 Å². The Morgan fingerprint density at radius 3 is 1.76 bits per heavy atom. The maximum atomic E-state index is 11.3. The number of rotatable bonds is 7. The molecule has 0 spiro atoms. The number of benzene rings is 3. The first-order valence-corrected chi connectivity index (χ1v) is 13.7. The van der Waals surface area contributed by atoms with Crippen LogP contribution in [0.15, 0.2) is 66.7 Å². The molecule has 0 bridgehead atoms. The van der Waals surface area contributed by atoms with Crippen molar-refractivity contribution in [3.63, 3.8) is 0 Å². The molecule has 3 aromatic carbocycles. The van der Waals surface area contributed by atoms with Crippen molar-refractivity contribution in [2.45, 2.75) is 65.9 Å². The average Bonchev–Trinajstić information content (AvgIpc) is 2.95. The molecule has 3 N–H and O–H groups in total. The third-order valence-electron chi connectivity index (χ3n) is 6.39. The summed E-state index contributed by atoms with van der Waals surface area (Å²) in [6.45, 7) is 7.04. The van der Waals surface area contributed by atoms with Gasteiger partial charge in [-0.2, -0.15) is 0 Å². The Morgan fingerprint density at radius 2 is 1.24 bits per heavy atom. The lowest BCUT2D eigenvalue weighted by atomic mass is 9.97. The molecule has 0 unspecified atom stereocenters. The van der Waals surface area contributed by atoms with Crippen molar-refractivity contribution in [3.8, 4) is 11.5 Å². The molecule has 1 fully saturated rings. The zero-order valence-corrected chi connectivity index (χ0v) is 24.3. The Hall–Kier alpha value is -4.66. The third kappa shape index (κ3) is 10.7. The first-order valence-electron chi connectivity index (χ1n) is 13.7. The number of carbonyl (C=O) groups is 4. The van der Waals surface area contributed by atoms with Crippen LogP contribution >= 0.6 is 0 Å². The van der Waals surface area contributed by atoms with E-state index >= 15 is 0 Å². The summed E-state index contributed by atoms with van der Waals surface area (Å²) in [5.41, 5.74) is 2.39. The maximum Gasteiger partial charge on any atom is 0.339 e. The number of aromatic carboxylic acids is 3. The molecule has 9 heteroatoms. The van der Waals surface area contributed by atoms with Crippen LogP contribution in [-0.2, 0) is 4.79 Å². The lowest BCUT2D eigenvalue weighted by Crippen LogP contribution is -2.20. The number of aryl methyl sites for hydroxylation is 2. The molecule has 1 aliphatic carbocycles. The summed E-state index contributed by atoms with van der Waals surface area (Å²) < 4.78 is 10.8. The standard InChI is InChI=1S/C14H18O3.C11H12O4.C8H8O2/c1-10-7-8-13(12(9-10)14(15)16)17-11-5-3-2-4-6-11;1-7(2)11(14)15-9-6-4-3-5-8(9)10(12)13;1-6-4-2-3-5-7(6)8(9)10/h7-9,11H,2-6H2,1H3,(H,15,16);3-7H,1-2H3,(H,12,13);2-5H,1H3,(H,9,10). The fraction of sp³-hybridized carbons (Fsp3) is 0.333. The van der Waals surface area contributed by atoms with Gasteiger partial charge in [-0.3, -0.25) is 4.79 Å². The molecule has 0 radical (unpaired) electrons. The van der Waals surface area contributed by atoms with E-state index in [0.717, 1.165) is 24.0 Å². The summed E-state index contributed by atoms with van der Waals surface area (Å²) in [5, 5.41) is 26.5. The molecule has 4 rings (SSSR count). The Balaban J connectivity index is 0.000000228. The quantitative estimate of drug-likeness (QED) is 0.198. The van der Waals surface area contributed by atoms with Crippen molar-refractivity contribution < 1.29 is 44.0 Å². The van der Waals surface area contributed by atoms with Crippen LogP contribution in [0.4, 0.5) is 0 Å². The van der Waals surface area contributed by atoms with Gasteiger partial charge in [0.25, 0.3) is 0 Å². The number of carbonyl (C=O) groups excluding carboxylic acids is 1. The molecule has 3 aromatic rings. The SMILES string of the molecule is CC(C)C(=O)Oc1ccccc1C(=O)O.Cc1ccc(OC2CCCCC2)c(C(=O)O)c1.Cc1ccccc1C(=O)O. The second-order valence-corrected chi connectivity index (χ2v) is 10.2. The monoisotopic (exact) mass is 578 g/mol. The second-order valence-electron chi connectivity index (χ2n) is 10.2. The normalized spacial score (nSPS) is 12.6. The molecule has 0 saturated heterocycles. The lowest BCUT2D eigenvalue weighted by molar-refractivity contribution is -0.137. The summed E-state index contributed by atoms with van der Waals surface area (Å²) >= 11 is 0. The fourth-order valence-electron chi connectivity index (χ4n) is 4.05. The smallest absolute Gasteiger partial charge is 0.339 e. The van der Waals surface area contributed by atoms with Crippen LogP contribution in [0.3, 0.4) is 0 Å². The number of esters is 1. The van der Waals surface area contributed by atoms with E-state index in [2.05, 4.69) is 0 Å². The average molecular weight is 579 g/mol. The molecule has 0 atom stereocenters. The zero-order chi connectivity index (χ0) is 31.2. The number of ether oxygens (including phenoxy) is 2. The van der Waals surface area contributed by atoms with Gasteiger partial charge in [-0.05, 0) is 75.4 Å². The molecule has 0 aromatic heterocycles. The van der Waals surface area contributed by atoms with Crippen molar-refractivity contribution in [1.29, 1.82) is 0 Å². The summed E-state index contributed by atoms with van der Waals surface area (Å²) in [7, 11) is 0. The van der Waals surface area contributed by atoms with Crippen LogP contribution in [0.25, 0.3) is 0 Å². The maximum absolute atomic E-state index is 11.3. The van der Waals surface area contributed by atoms with Gasteiger partial charge in [0.1, 0.15) is 22.6 Å². The van der Waals surface area contributed by atoms with Gasteiger partial charge in [0.2, 0.25) is 0 Å². The van der Waals surface area contributed by atoms with E-state index in [0.29, 0.717) is 11.3 Å². The summed E-state index contributed by atoms with van der Waals surface area (Å²) in [5.74, 6) is -3.02. The van der Waals surface area contributed by atoms with Gasteiger partial charge in [-0.1, -0.05) is 62.2 Å². The minimum absolute atomic E-state index is 0.00787. The van der Waals surface area contributed by atoms with Gasteiger partial charge >= 0.3 is 23.9 Å². The van der Waals surface area contributed by atoms with Crippen molar-refractivity contribution in [1.82, 2.24) is 0 Å². The lowest BCUT2D eigenvalue weighted by Gasteiger charge is -2.23. The van der Waals surface area contributed by atoms with E-state index < -0.39 is 23.9 Å². The van der Waals surface area contributed by atoms with E-state index in [1.807, 2.05) is 19.1 Å². The predicted octanol–water partition coefficient (Wildman–Crippen LogP) is 7.04. The molecule has 9 nitrogen and oxygen atoms in total. The Labute approximate surface area is 245 Å². The molecular formula is C33H38O9. The van der Waals surface area contributed by atoms with Crippen LogP contribution in [-0.4, -0.2) is 45.3 Å². The van der Waals surface area contributed by atoms with Crippen molar-refractivity contribution >= 4 is 23.9 Å². The predicted molar refractivity (Wildman–Crippen MR) is 158 cm³/mol. The molecule has 0 heterocycles. The number of carboxylic acid groups (broad SMARTS) is 3. The van der Waals surface area contributed by atoms with Gasteiger partial charge in [0.15, 0.2) is 0 Å². The van der Waals surface area contributed by atoms with Gasteiger partial charge < -0.3 is 24.8 Å². The number of hydrogen-bond donors (Lipinski definition) is 3. The van der Waals surface area contributed by atoms with Crippen LogP contribution in [0.2, 0.25) is 0 Å².